The van der Waals surface area contributed by atoms with Crippen molar-refractivity contribution < 1.29 is 12.8 Å². The molecule has 1 aromatic heterocycles. The number of nitrogens with zero attached hydrogens (tertiary/aromatic N) is 1. The zero-order chi connectivity index (χ0) is 14.9. The van der Waals surface area contributed by atoms with Crippen molar-refractivity contribution in [1.29, 1.82) is 0 Å². The normalized spacial score (nSPS) is 12.0. The monoisotopic (exact) mass is 358 g/mol. The number of benzene rings is 1. The van der Waals surface area contributed by atoms with Gasteiger partial charge in [0.2, 0.25) is 10.0 Å². The molecule has 7 heteroatoms. The van der Waals surface area contributed by atoms with Gasteiger partial charge in [-0.05, 0) is 31.2 Å². The molecule has 0 aliphatic rings. The number of nitrogens with two attached hydrogens (primary N) is 1. The first-order chi connectivity index (χ1) is 9.32. The number of anilines is 1. The molecule has 0 saturated carbocycles. The van der Waals surface area contributed by atoms with Crippen molar-refractivity contribution in [3.8, 4) is 0 Å². The van der Waals surface area contributed by atoms with Crippen LogP contribution in [-0.2, 0) is 16.6 Å². The van der Waals surface area contributed by atoms with Crippen LogP contribution in [0.4, 0.5) is 5.69 Å². The Morgan fingerprint density at radius 1 is 1.35 bits per heavy atom. The predicted octanol–water partition coefficient (Wildman–Crippen LogP) is 2.75. The average molecular weight is 359 g/mol. The van der Waals surface area contributed by atoms with E-state index in [0.29, 0.717) is 10.2 Å². The Kier molecular flexibility index (Phi) is 4.22. The molecule has 20 heavy (non-hydrogen) atoms. The Hall–Kier alpha value is -1.31. The van der Waals surface area contributed by atoms with Gasteiger partial charge in [0.05, 0.1) is 12.0 Å². The SMILES string of the molecule is Cc1occc1CN(C)S(=O)(=O)c1cc(Br)ccc1N. The highest BCUT2D eigenvalue weighted by atomic mass is 79.9. The Balaban J connectivity index is 2.35. The fraction of sp³-hybridized carbons (Fsp3) is 0.231. The van der Waals surface area contributed by atoms with Crippen molar-refractivity contribution in [1.82, 2.24) is 4.31 Å². The van der Waals surface area contributed by atoms with Crippen molar-refractivity contribution in [3.63, 3.8) is 0 Å². The fourth-order valence-electron chi connectivity index (χ4n) is 1.80. The maximum atomic E-state index is 12.5. The smallest absolute Gasteiger partial charge is 0.245 e. The van der Waals surface area contributed by atoms with Gasteiger partial charge in [0.15, 0.2) is 0 Å². The average Bonchev–Trinajstić information content (AvgIpc) is 2.78. The molecule has 0 aliphatic heterocycles. The molecule has 2 N–H and O–H groups in total. The van der Waals surface area contributed by atoms with Crippen molar-refractivity contribution >= 4 is 31.6 Å². The van der Waals surface area contributed by atoms with Crippen molar-refractivity contribution in [2.75, 3.05) is 12.8 Å². The molecular weight excluding hydrogens is 344 g/mol. The number of hydrogen-bond donors (Lipinski definition) is 1. The maximum Gasteiger partial charge on any atom is 0.245 e. The second kappa shape index (κ2) is 5.59. The third-order valence-electron chi connectivity index (χ3n) is 3.02. The minimum absolute atomic E-state index is 0.0931. The molecule has 0 bridgehead atoms. The van der Waals surface area contributed by atoms with E-state index in [-0.39, 0.29) is 17.1 Å². The van der Waals surface area contributed by atoms with Crippen LogP contribution in [-0.4, -0.2) is 19.8 Å². The van der Waals surface area contributed by atoms with Gasteiger partial charge in [-0.25, -0.2) is 8.42 Å². The van der Waals surface area contributed by atoms with Crippen molar-refractivity contribution in [2.24, 2.45) is 0 Å². The maximum absolute atomic E-state index is 12.5. The first-order valence-electron chi connectivity index (χ1n) is 5.86. The molecule has 2 aromatic rings. The number of furan rings is 1. The quantitative estimate of drug-likeness (QED) is 0.852. The van der Waals surface area contributed by atoms with Gasteiger partial charge < -0.3 is 10.2 Å². The van der Waals surface area contributed by atoms with E-state index in [1.807, 2.05) is 0 Å². The summed E-state index contributed by atoms with van der Waals surface area (Å²) in [4.78, 5) is 0.0931. The lowest BCUT2D eigenvalue weighted by molar-refractivity contribution is 0.459. The number of hydrogen-bond acceptors (Lipinski definition) is 4. The number of nitrogen functional groups attached to an aromatic ring is 1. The lowest BCUT2D eigenvalue weighted by atomic mass is 10.3. The van der Waals surface area contributed by atoms with E-state index in [2.05, 4.69) is 15.9 Å². The summed E-state index contributed by atoms with van der Waals surface area (Å²) in [5, 5.41) is 0. The first kappa shape index (κ1) is 15.1. The summed E-state index contributed by atoms with van der Waals surface area (Å²) < 4.78 is 32.2. The zero-order valence-corrected chi connectivity index (χ0v) is 13.5. The molecule has 1 aromatic carbocycles. The summed E-state index contributed by atoms with van der Waals surface area (Å²) in [5.41, 5.74) is 6.82. The highest BCUT2D eigenvalue weighted by Crippen LogP contribution is 2.26. The molecule has 0 aliphatic carbocycles. The summed E-state index contributed by atoms with van der Waals surface area (Å²) in [5.74, 6) is 0.703. The fourth-order valence-corrected chi connectivity index (χ4v) is 3.60. The molecule has 1 heterocycles. The molecule has 0 unspecified atom stereocenters. The minimum Gasteiger partial charge on any atom is -0.469 e. The lowest BCUT2D eigenvalue weighted by Crippen LogP contribution is -2.27. The van der Waals surface area contributed by atoms with Crippen molar-refractivity contribution in [3.05, 3.63) is 46.3 Å². The third kappa shape index (κ3) is 2.89. The number of sulfonamides is 1. The molecule has 0 saturated heterocycles. The molecular formula is C13H15BrN2O3S. The molecule has 5 nitrogen and oxygen atoms in total. The van der Waals surface area contributed by atoms with E-state index in [1.54, 1.807) is 31.4 Å². The topological polar surface area (TPSA) is 76.5 Å². The van der Waals surface area contributed by atoms with Gasteiger partial charge in [-0.1, -0.05) is 15.9 Å². The zero-order valence-electron chi connectivity index (χ0n) is 11.1. The second-order valence-corrected chi connectivity index (χ2v) is 7.37. The highest BCUT2D eigenvalue weighted by Gasteiger charge is 2.24. The van der Waals surface area contributed by atoms with Crippen LogP contribution < -0.4 is 5.73 Å². The first-order valence-corrected chi connectivity index (χ1v) is 8.10. The highest BCUT2D eigenvalue weighted by molar-refractivity contribution is 9.10. The molecule has 0 atom stereocenters. The van der Waals surface area contributed by atoms with Crippen LogP contribution in [0.5, 0.6) is 0 Å². The van der Waals surface area contributed by atoms with E-state index >= 15 is 0 Å². The van der Waals surface area contributed by atoms with Gasteiger partial charge in [-0.15, -0.1) is 0 Å². The van der Waals surface area contributed by atoms with Crippen LogP contribution >= 0.6 is 15.9 Å². The predicted molar refractivity (Wildman–Crippen MR) is 80.7 cm³/mol. The van der Waals surface area contributed by atoms with E-state index in [4.69, 9.17) is 10.2 Å². The van der Waals surface area contributed by atoms with Gasteiger partial charge in [-0.2, -0.15) is 4.31 Å². The Morgan fingerprint density at radius 2 is 2.05 bits per heavy atom. The van der Waals surface area contributed by atoms with E-state index < -0.39 is 10.0 Å². The Labute approximate surface area is 126 Å². The Morgan fingerprint density at radius 3 is 2.65 bits per heavy atom. The summed E-state index contributed by atoms with van der Waals surface area (Å²) in [7, 11) is -2.13. The molecule has 108 valence electrons. The van der Waals surface area contributed by atoms with Crippen molar-refractivity contribution in [2.45, 2.75) is 18.4 Å². The standard InChI is InChI=1S/C13H15BrN2O3S/c1-9-10(5-6-19-9)8-16(2)20(17,18)13-7-11(14)3-4-12(13)15/h3-7H,8,15H2,1-2H3. The number of halogens is 1. The van der Waals surface area contributed by atoms with Crippen LogP contribution in [0.3, 0.4) is 0 Å². The summed E-state index contributed by atoms with van der Waals surface area (Å²) in [6.45, 7) is 2.03. The summed E-state index contributed by atoms with van der Waals surface area (Å²) >= 11 is 3.26. The van der Waals surface area contributed by atoms with Gasteiger partial charge in [0.25, 0.3) is 0 Å². The molecule has 0 spiro atoms. The third-order valence-corrected chi connectivity index (χ3v) is 5.38. The van der Waals surface area contributed by atoms with E-state index in [1.165, 1.54) is 17.4 Å². The molecule has 2 rings (SSSR count). The van der Waals surface area contributed by atoms with Crippen LogP contribution in [0.25, 0.3) is 0 Å². The van der Waals surface area contributed by atoms with Gasteiger partial charge in [0.1, 0.15) is 10.7 Å². The van der Waals surface area contributed by atoms with Gasteiger partial charge in [-0.3, -0.25) is 0 Å². The van der Waals surface area contributed by atoms with Crippen LogP contribution in [0, 0.1) is 6.92 Å². The van der Waals surface area contributed by atoms with Crippen LogP contribution in [0.2, 0.25) is 0 Å². The van der Waals surface area contributed by atoms with Crippen LogP contribution in [0.1, 0.15) is 11.3 Å². The van der Waals surface area contributed by atoms with Gasteiger partial charge >= 0.3 is 0 Å². The van der Waals surface area contributed by atoms with E-state index in [9.17, 15) is 8.42 Å². The second-order valence-electron chi connectivity index (χ2n) is 4.45. The Bertz CT molecular complexity index is 725. The largest absolute Gasteiger partial charge is 0.469 e. The van der Waals surface area contributed by atoms with Crippen LogP contribution in [0.15, 0.2) is 44.3 Å². The summed E-state index contributed by atoms with van der Waals surface area (Å²) in [6.07, 6.45) is 1.54. The lowest BCUT2D eigenvalue weighted by Gasteiger charge is -2.18. The molecule has 0 radical (unpaired) electrons. The minimum atomic E-state index is -3.65. The van der Waals surface area contributed by atoms with Gasteiger partial charge in [0, 0.05) is 23.6 Å². The summed E-state index contributed by atoms with van der Waals surface area (Å²) in [6, 6.07) is 6.53. The number of rotatable bonds is 4. The van der Waals surface area contributed by atoms with E-state index in [0.717, 1.165) is 5.56 Å². The molecule has 0 amide bonds. The number of aryl methyl sites for hydroxylation is 1. The molecule has 0 fully saturated rings.